The van der Waals surface area contributed by atoms with Gasteiger partial charge in [-0.25, -0.2) is 4.79 Å². The Morgan fingerprint density at radius 2 is 1.96 bits per heavy atom. The third-order valence-electron chi connectivity index (χ3n) is 3.81. The summed E-state index contributed by atoms with van der Waals surface area (Å²) >= 11 is 1.43. The molecule has 0 saturated carbocycles. The van der Waals surface area contributed by atoms with Gasteiger partial charge in [0.2, 0.25) is 11.8 Å². The van der Waals surface area contributed by atoms with Crippen molar-refractivity contribution < 1.29 is 19.0 Å². The molecule has 0 radical (unpaired) electrons. The number of amides is 1. The summed E-state index contributed by atoms with van der Waals surface area (Å²) in [6.07, 6.45) is 4.55. The summed E-state index contributed by atoms with van der Waals surface area (Å²) in [6, 6.07) is 1.66. The van der Waals surface area contributed by atoms with Crippen molar-refractivity contribution in [1.82, 2.24) is 14.9 Å². The maximum atomic E-state index is 12.5. The third-order valence-corrected chi connectivity index (χ3v) is 4.36. The van der Waals surface area contributed by atoms with Crippen LogP contribution in [0.3, 0.4) is 0 Å². The third kappa shape index (κ3) is 6.23. The van der Waals surface area contributed by atoms with Gasteiger partial charge in [-0.15, -0.1) is 0 Å². The number of carbonyl (C=O) groups excluding carboxylic acids is 1. The van der Waals surface area contributed by atoms with Gasteiger partial charge in [-0.05, 0) is 53.2 Å². The zero-order chi connectivity index (χ0) is 19.2. The molecule has 1 aromatic heterocycles. The van der Waals surface area contributed by atoms with Gasteiger partial charge in [0, 0.05) is 6.54 Å². The molecule has 1 aliphatic rings. The van der Waals surface area contributed by atoms with E-state index in [0.29, 0.717) is 36.7 Å². The lowest BCUT2D eigenvalue weighted by atomic mass is 10.0. The molecule has 0 aromatic carbocycles. The first-order chi connectivity index (χ1) is 12.3. The van der Waals surface area contributed by atoms with Gasteiger partial charge in [0.25, 0.3) is 0 Å². The zero-order valence-corrected chi connectivity index (χ0v) is 17.1. The number of aromatic nitrogens is 2. The monoisotopic (exact) mass is 383 g/mol. The zero-order valence-electron chi connectivity index (χ0n) is 16.3. The Kier molecular flexibility index (Phi) is 7.37. The quantitative estimate of drug-likeness (QED) is 0.547. The van der Waals surface area contributed by atoms with Crippen LogP contribution in [0.1, 0.15) is 47.0 Å². The summed E-state index contributed by atoms with van der Waals surface area (Å²) in [4.78, 5) is 22.9. The lowest BCUT2D eigenvalue weighted by Gasteiger charge is -2.36. The fourth-order valence-corrected chi connectivity index (χ4v) is 3.05. The highest BCUT2D eigenvalue weighted by Gasteiger charge is 2.31. The first kappa shape index (κ1) is 20.6. The Hall–Kier alpha value is -1.70. The first-order valence-electron chi connectivity index (χ1n) is 9.00. The van der Waals surface area contributed by atoms with Crippen molar-refractivity contribution in [2.45, 2.75) is 63.8 Å². The van der Waals surface area contributed by atoms with Crippen molar-refractivity contribution in [2.75, 3.05) is 26.0 Å². The molecule has 1 aliphatic heterocycles. The van der Waals surface area contributed by atoms with Crippen molar-refractivity contribution in [1.29, 1.82) is 0 Å². The van der Waals surface area contributed by atoms with Gasteiger partial charge < -0.3 is 19.1 Å². The fourth-order valence-electron chi connectivity index (χ4n) is 2.69. The van der Waals surface area contributed by atoms with E-state index in [1.807, 2.05) is 34.0 Å². The number of hydrogen-bond acceptors (Lipinski definition) is 7. The average molecular weight is 384 g/mol. The normalized spacial score (nSPS) is 17.7. The molecule has 1 saturated heterocycles. The highest BCUT2D eigenvalue weighted by molar-refractivity contribution is 7.98. The van der Waals surface area contributed by atoms with Gasteiger partial charge in [-0.2, -0.15) is 9.97 Å². The molecule has 26 heavy (non-hydrogen) atoms. The van der Waals surface area contributed by atoms with Crippen LogP contribution in [0.25, 0.3) is 0 Å². The molecule has 8 heteroatoms. The molecule has 0 bridgehead atoms. The lowest BCUT2D eigenvalue weighted by Crippen LogP contribution is -2.48. The number of carbonyl (C=O) groups is 1. The van der Waals surface area contributed by atoms with Crippen molar-refractivity contribution in [2.24, 2.45) is 0 Å². The molecule has 1 aromatic rings. The minimum Gasteiger partial charge on any atom is -0.478 e. The molecule has 7 nitrogen and oxygen atoms in total. The summed E-state index contributed by atoms with van der Waals surface area (Å²) in [6.45, 7) is 9.12. The summed E-state index contributed by atoms with van der Waals surface area (Å²) in [7, 11) is 0. The van der Waals surface area contributed by atoms with Crippen LogP contribution in [0.4, 0.5) is 4.79 Å². The average Bonchev–Trinajstić information content (AvgIpc) is 2.59. The van der Waals surface area contributed by atoms with E-state index >= 15 is 0 Å². The number of nitrogens with zero attached hydrogens (tertiary/aromatic N) is 3. The molecule has 0 unspecified atom stereocenters. The van der Waals surface area contributed by atoms with Crippen molar-refractivity contribution in [3.05, 3.63) is 6.07 Å². The highest BCUT2D eigenvalue weighted by Crippen LogP contribution is 2.24. The Balaban J connectivity index is 2.04. The number of piperidine rings is 1. The first-order valence-corrected chi connectivity index (χ1v) is 10.2. The molecule has 2 rings (SSSR count). The second-order valence-corrected chi connectivity index (χ2v) is 7.87. The summed E-state index contributed by atoms with van der Waals surface area (Å²) in [5.74, 6) is 0.956. The van der Waals surface area contributed by atoms with Gasteiger partial charge in [0.1, 0.15) is 12.2 Å². The molecule has 1 fully saturated rings. The highest BCUT2D eigenvalue weighted by atomic mass is 32.2. The van der Waals surface area contributed by atoms with Gasteiger partial charge >= 0.3 is 6.09 Å². The minimum atomic E-state index is -0.508. The largest absolute Gasteiger partial charge is 0.478 e. The van der Waals surface area contributed by atoms with E-state index < -0.39 is 5.60 Å². The predicted molar refractivity (Wildman–Crippen MR) is 101 cm³/mol. The minimum absolute atomic E-state index is 0.0261. The van der Waals surface area contributed by atoms with Crippen LogP contribution in [0.5, 0.6) is 11.8 Å². The van der Waals surface area contributed by atoms with E-state index in [0.717, 1.165) is 19.3 Å². The standard InChI is InChI=1S/C18H29N3O4S/c1-6-23-14-11-15(20-16(19-14)26-5)24-12-13-9-7-8-10-21(13)17(22)25-18(2,3)4/h11,13H,6-10,12H2,1-5H3/t13-/m1/s1. The Labute approximate surface area is 159 Å². The number of likely N-dealkylation sites (tertiary alicyclic amines) is 1. The van der Waals surface area contributed by atoms with Crippen LogP contribution in [0.15, 0.2) is 11.2 Å². The summed E-state index contributed by atoms with van der Waals surface area (Å²) in [5, 5.41) is 0.596. The molecular formula is C18H29N3O4S. The predicted octanol–water partition coefficient (Wildman–Crippen LogP) is 3.77. The van der Waals surface area contributed by atoms with Crippen LogP contribution in [-0.4, -0.2) is 58.6 Å². The molecule has 2 heterocycles. The van der Waals surface area contributed by atoms with Crippen LogP contribution in [-0.2, 0) is 4.74 Å². The Morgan fingerprint density at radius 3 is 2.58 bits per heavy atom. The molecule has 0 aliphatic carbocycles. The van der Waals surface area contributed by atoms with E-state index in [-0.39, 0.29) is 12.1 Å². The number of hydrogen-bond donors (Lipinski definition) is 0. The van der Waals surface area contributed by atoms with Gasteiger partial charge in [-0.3, -0.25) is 0 Å². The van der Waals surface area contributed by atoms with Crippen molar-refractivity contribution in [3.63, 3.8) is 0 Å². The maximum Gasteiger partial charge on any atom is 0.410 e. The van der Waals surface area contributed by atoms with Gasteiger partial charge in [-0.1, -0.05) is 11.8 Å². The topological polar surface area (TPSA) is 73.8 Å². The lowest BCUT2D eigenvalue weighted by molar-refractivity contribution is 0.00327. The Morgan fingerprint density at radius 1 is 1.27 bits per heavy atom. The molecule has 1 atom stereocenters. The maximum absolute atomic E-state index is 12.5. The second-order valence-electron chi connectivity index (χ2n) is 7.10. The second kappa shape index (κ2) is 9.30. The van der Waals surface area contributed by atoms with Gasteiger partial charge in [0.15, 0.2) is 5.16 Å². The smallest absolute Gasteiger partial charge is 0.410 e. The number of ether oxygens (including phenoxy) is 3. The fraction of sp³-hybridized carbons (Fsp3) is 0.722. The molecular weight excluding hydrogens is 354 g/mol. The van der Waals surface area contributed by atoms with E-state index in [1.54, 1.807) is 11.0 Å². The van der Waals surface area contributed by atoms with Crippen molar-refractivity contribution >= 4 is 17.9 Å². The number of rotatable bonds is 6. The van der Waals surface area contributed by atoms with Crippen LogP contribution < -0.4 is 9.47 Å². The van der Waals surface area contributed by atoms with E-state index in [2.05, 4.69) is 9.97 Å². The van der Waals surface area contributed by atoms with Crippen molar-refractivity contribution in [3.8, 4) is 11.8 Å². The van der Waals surface area contributed by atoms with Crippen LogP contribution in [0.2, 0.25) is 0 Å². The summed E-state index contributed by atoms with van der Waals surface area (Å²) < 4.78 is 16.9. The molecule has 0 spiro atoms. The van der Waals surface area contributed by atoms with Crippen LogP contribution >= 0.6 is 11.8 Å². The van der Waals surface area contributed by atoms with E-state index in [9.17, 15) is 4.79 Å². The molecule has 0 N–H and O–H groups in total. The van der Waals surface area contributed by atoms with E-state index in [1.165, 1.54) is 11.8 Å². The van der Waals surface area contributed by atoms with Crippen LogP contribution in [0, 0.1) is 0 Å². The van der Waals surface area contributed by atoms with Gasteiger partial charge in [0.05, 0.1) is 18.7 Å². The SMILES string of the molecule is CCOc1cc(OC[C@H]2CCCCN2C(=O)OC(C)(C)C)nc(SC)n1. The molecule has 146 valence electrons. The molecule has 1 amide bonds. The number of thioether (sulfide) groups is 1. The van der Waals surface area contributed by atoms with E-state index in [4.69, 9.17) is 14.2 Å². The summed E-state index contributed by atoms with van der Waals surface area (Å²) in [5.41, 5.74) is -0.508. The Bertz CT molecular complexity index is 607.